The van der Waals surface area contributed by atoms with Crippen molar-refractivity contribution in [3.8, 4) is 5.75 Å². The van der Waals surface area contributed by atoms with Gasteiger partial charge < -0.3 is 9.47 Å². The van der Waals surface area contributed by atoms with Gasteiger partial charge in [-0.3, -0.25) is 14.4 Å². The molecule has 0 spiro atoms. The Morgan fingerprint density at radius 3 is 2.05 bits per heavy atom. The predicted molar refractivity (Wildman–Crippen MR) is 139 cm³/mol. The summed E-state index contributed by atoms with van der Waals surface area (Å²) in [6.07, 6.45) is 1.64. The van der Waals surface area contributed by atoms with Crippen LogP contribution in [0.15, 0.2) is 78.9 Å². The monoisotopic (exact) mass is 509 g/mol. The third-order valence-corrected chi connectivity index (χ3v) is 8.23. The van der Waals surface area contributed by atoms with Crippen molar-refractivity contribution >= 4 is 29.3 Å². The Kier molecular flexibility index (Phi) is 6.06. The van der Waals surface area contributed by atoms with Crippen molar-refractivity contribution in [2.45, 2.75) is 25.4 Å². The molecule has 0 unspecified atom stereocenters. The number of amides is 2. The fourth-order valence-corrected chi connectivity index (χ4v) is 6.47. The fourth-order valence-electron chi connectivity index (χ4n) is 6.47. The van der Waals surface area contributed by atoms with Gasteiger partial charge in [-0.15, -0.1) is 0 Å². The standard InChI is InChI=1S/C31H27NO6/c1-37-22-15-13-18(14-16-22)27(33)28(19-7-3-2-4-8-19)38-31(36)23-9-5-6-10-24(23)32-29(34)25-20-11-12-21(17-20)26(25)30(32)35/h2-10,13-16,20-21,25-26,28H,11-12,17H2,1H3/t20-,21-,25-,26-,28+/m0/s1. The van der Waals surface area contributed by atoms with Gasteiger partial charge in [-0.05, 0) is 67.5 Å². The molecule has 6 rings (SSSR count). The van der Waals surface area contributed by atoms with Crippen molar-refractivity contribution in [1.29, 1.82) is 0 Å². The number of para-hydroxylation sites is 1. The van der Waals surface area contributed by atoms with Crippen molar-refractivity contribution < 1.29 is 28.7 Å². The number of imide groups is 1. The molecule has 1 heterocycles. The number of Topliss-reactive ketones (excluding diaryl/α,β-unsaturated/α-hetero) is 1. The van der Waals surface area contributed by atoms with Gasteiger partial charge in [0.2, 0.25) is 17.6 Å². The van der Waals surface area contributed by atoms with Crippen molar-refractivity contribution in [3.05, 3.63) is 95.6 Å². The number of fused-ring (bicyclic) bond motifs is 5. The Balaban J connectivity index is 1.32. The van der Waals surface area contributed by atoms with Gasteiger partial charge in [0.15, 0.2) is 6.10 Å². The van der Waals surface area contributed by atoms with Crippen LogP contribution >= 0.6 is 0 Å². The van der Waals surface area contributed by atoms with Gasteiger partial charge in [0, 0.05) is 11.1 Å². The molecule has 2 aliphatic carbocycles. The minimum Gasteiger partial charge on any atom is -0.497 e. The van der Waals surface area contributed by atoms with Gasteiger partial charge in [-0.1, -0.05) is 42.5 Å². The average molecular weight is 510 g/mol. The highest BCUT2D eigenvalue weighted by molar-refractivity contribution is 6.24. The lowest BCUT2D eigenvalue weighted by atomic mass is 9.81. The number of benzene rings is 3. The first-order valence-corrected chi connectivity index (χ1v) is 12.9. The summed E-state index contributed by atoms with van der Waals surface area (Å²) in [5.41, 5.74) is 1.16. The Morgan fingerprint density at radius 1 is 0.816 bits per heavy atom. The van der Waals surface area contributed by atoms with Crippen molar-refractivity contribution in [2.75, 3.05) is 12.0 Å². The first-order chi connectivity index (χ1) is 18.5. The molecule has 7 nitrogen and oxygen atoms in total. The number of carbonyl (C=O) groups is 4. The van der Waals surface area contributed by atoms with Crippen LogP contribution in [0.2, 0.25) is 0 Å². The van der Waals surface area contributed by atoms with Crippen LogP contribution in [0, 0.1) is 23.7 Å². The van der Waals surface area contributed by atoms with E-state index >= 15 is 0 Å². The Bertz CT molecular complexity index is 1390. The predicted octanol–water partition coefficient (Wildman–Crippen LogP) is 5.01. The molecule has 0 radical (unpaired) electrons. The van der Waals surface area contributed by atoms with E-state index in [-0.39, 0.29) is 46.7 Å². The molecule has 1 saturated heterocycles. The van der Waals surface area contributed by atoms with Crippen LogP contribution in [0.3, 0.4) is 0 Å². The normalized spacial score (nSPS) is 24.3. The fraction of sp³-hybridized carbons (Fsp3) is 0.290. The topological polar surface area (TPSA) is 90.0 Å². The number of hydrogen-bond acceptors (Lipinski definition) is 6. The third kappa shape index (κ3) is 3.90. The zero-order valence-corrected chi connectivity index (χ0v) is 20.9. The van der Waals surface area contributed by atoms with Gasteiger partial charge in [0.25, 0.3) is 0 Å². The van der Waals surface area contributed by atoms with Crippen molar-refractivity contribution in [3.63, 3.8) is 0 Å². The molecule has 0 aromatic heterocycles. The molecule has 192 valence electrons. The van der Waals surface area contributed by atoms with Crippen LogP contribution in [-0.4, -0.2) is 30.7 Å². The van der Waals surface area contributed by atoms with Crippen molar-refractivity contribution in [1.82, 2.24) is 0 Å². The number of ketones is 1. The number of esters is 1. The summed E-state index contributed by atoms with van der Waals surface area (Å²) in [7, 11) is 1.54. The van der Waals surface area contributed by atoms with E-state index in [0.29, 0.717) is 16.9 Å². The van der Waals surface area contributed by atoms with Crippen LogP contribution in [0.5, 0.6) is 5.75 Å². The lowest BCUT2D eigenvalue weighted by Gasteiger charge is -2.22. The number of methoxy groups -OCH3 is 1. The highest BCUT2D eigenvalue weighted by Gasteiger charge is 2.61. The Hall–Kier alpha value is -4.26. The zero-order valence-electron chi connectivity index (χ0n) is 20.9. The molecule has 5 atom stereocenters. The quantitative estimate of drug-likeness (QED) is 0.253. The number of nitrogens with zero attached hydrogens (tertiary/aromatic N) is 1. The highest BCUT2D eigenvalue weighted by atomic mass is 16.5. The van der Waals surface area contributed by atoms with E-state index in [4.69, 9.17) is 9.47 Å². The molecule has 38 heavy (non-hydrogen) atoms. The van der Waals surface area contributed by atoms with Crippen LogP contribution in [-0.2, 0) is 14.3 Å². The first kappa shape index (κ1) is 24.1. The summed E-state index contributed by atoms with van der Waals surface area (Å²) in [5, 5.41) is 0. The van der Waals surface area contributed by atoms with Gasteiger partial charge in [0.1, 0.15) is 5.75 Å². The molecule has 2 saturated carbocycles. The maximum atomic E-state index is 13.6. The van der Waals surface area contributed by atoms with E-state index in [1.165, 1.54) is 18.1 Å². The van der Waals surface area contributed by atoms with Crippen LogP contribution in [0.25, 0.3) is 0 Å². The van der Waals surface area contributed by atoms with Gasteiger partial charge in [-0.25, -0.2) is 9.69 Å². The summed E-state index contributed by atoms with van der Waals surface area (Å²) >= 11 is 0. The first-order valence-electron chi connectivity index (χ1n) is 12.9. The van der Waals surface area contributed by atoms with E-state index in [9.17, 15) is 19.2 Å². The molecule has 3 aromatic rings. The van der Waals surface area contributed by atoms with E-state index in [2.05, 4.69) is 0 Å². The lowest BCUT2D eigenvalue weighted by molar-refractivity contribution is -0.123. The summed E-state index contributed by atoms with van der Waals surface area (Å²) < 4.78 is 11.0. The molecule has 2 amide bonds. The smallest absolute Gasteiger partial charge is 0.341 e. The number of anilines is 1. The van der Waals surface area contributed by atoms with Crippen LogP contribution in [0.4, 0.5) is 5.69 Å². The molecule has 2 bridgehead atoms. The molecule has 1 aliphatic heterocycles. The number of ether oxygens (including phenoxy) is 2. The summed E-state index contributed by atoms with van der Waals surface area (Å²) in [5.74, 6) is -1.20. The molecule has 0 N–H and O–H groups in total. The maximum absolute atomic E-state index is 13.6. The second-order valence-electron chi connectivity index (χ2n) is 10.2. The Morgan fingerprint density at radius 2 is 1.42 bits per heavy atom. The summed E-state index contributed by atoms with van der Waals surface area (Å²) in [6.45, 7) is 0. The molecule has 3 aromatic carbocycles. The molecular formula is C31H27NO6. The maximum Gasteiger partial charge on any atom is 0.341 e. The lowest BCUT2D eigenvalue weighted by Crippen LogP contribution is -2.34. The zero-order chi connectivity index (χ0) is 26.4. The molecule has 7 heteroatoms. The van der Waals surface area contributed by atoms with Crippen LogP contribution in [0.1, 0.15) is 51.6 Å². The average Bonchev–Trinajstić information content (AvgIpc) is 3.65. The number of rotatable bonds is 7. The van der Waals surface area contributed by atoms with E-state index in [0.717, 1.165) is 19.3 Å². The minimum absolute atomic E-state index is 0.0741. The van der Waals surface area contributed by atoms with Crippen molar-refractivity contribution in [2.24, 2.45) is 23.7 Å². The number of hydrogen-bond donors (Lipinski definition) is 0. The van der Waals surface area contributed by atoms with E-state index in [1.807, 2.05) is 6.07 Å². The van der Waals surface area contributed by atoms with Gasteiger partial charge >= 0.3 is 5.97 Å². The summed E-state index contributed by atoms with van der Waals surface area (Å²) in [4.78, 5) is 55.2. The second-order valence-corrected chi connectivity index (χ2v) is 10.2. The second kappa shape index (κ2) is 9.56. The van der Waals surface area contributed by atoms with Crippen LogP contribution < -0.4 is 9.64 Å². The third-order valence-electron chi connectivity index (χ3n) is 8.23. The molecular weight excluding hydrogens is 482 g/mol. The molecule has 3 aliphatic rings. The number of carbonyl (C=O) groups excluding carboxylic acids is 4. The summed E-state index contributed by atoms with van der Waals surface area (Å²) in [6, 6.07) is 21.8. The van der Waals surface area contributed by atoms with E-state index < -0.39 is 17.9 Å². The molecule has 3 fully saturated rings. The SMILES string of the molecule is COc1ccc(C(=O)[C@H](OC(=O)c2ccccc2N2C(=O)[C@H]3[C@H]4CC[C@@H](C4)[C@@H]3C2=O)c2ccccc2)cc1. The minimum atomic E-state index is -1.22. The van der Waals surface area contributed by atoms with Gasteiger partial charge in [-0.2, -0.15) is 0 Å². The Labute approximate surface area is 220 Å². The van der Waals surface area contributed by atoms with Gasteiger partial charge in [0.05, 0.1) is 30.2 Å². The van der Waals surface area contributed by atoms with E-state index in [1.54, 1.807) is 66.7 Å². The highest BCUT2D eigenvalue weighted by Crippen LogP contribution is 2.56. The largest absolute Gasteiger partial charge is 0.497 e.